The van der Waals surface area contributed by atoms with E-state index in [4.69, 9.17) is 0 Å². The van der Waals surface area contributed by atoms with Gasteiger partial charge in [-0.25, -0.2) is 8.42 Å². The maximum atomic E-state index is 11.3. The summed E-state index contributed by atoms with van der Waals surface area (Å²) in [5, 5.41) is 9.41. The average Bonchev–Trinajstić information content (AvgIpc) is 2.64. The van der Waals surface area contributed by atoms with Gasteiger partial charge in [0.25, 0.3) is 0 Å². The van der Waals surface area contributed by atoms with Crippen LogP contribution in [0, 0.1) is 0 Å². The van der Waals surface area contributed by atoms with E-state index < -0.39 is 9.84 Å². The van der Waals surface area contributed by atoms with Gasteiger partial charge in [-0.2, -0.15) is 0 Å². The molecular formula is C11H15NO3S. The van der Waals surface area contributed by atoms with Crippen molar-refractivity contribution in [1.29, 1.82) is 0 Å². The molecule has 1 fully saturated rings. The van der Waals surface area contributed by atoms with Crippen LogP contribution >= 0.6 is 0 Å². The molecule has 16 heavy (non-hydrogen) atoms. The number of sulfone groups is 1. The highest BCUT2D eigenvalue weighted by molar-refractivity contribution is 7.90. The van der Waals surface area contributed by atoms with Crippen molar-refractivity contribution in [2.24, 2.45) is 0 Å². The van der Waals surface area contributed by atoms with Crippen molar-refractivity contribution < 1.29 is 13.5 Å². The zero-order chi connectivity index (χ0) is 11.8. The second-order valence-electron chi connectivity index (χ2n) is 4.15. The zero-order valence-electron chi connectivity index (χ0n) is 9.13. The Kier molecular flexibility index (Phi) is 2.90. The summed E-state index contributed by atoms with van der Waals surface area (Å²) in [5.41, 5.74) is 0.962. The average molecular weight is 241 g/mol. The molecule has 0 spiro atoms. The fraction of sp³-hybridized carbons (Fsp3) is 0.455. The Hall–Kier alpha value is -1.07. The molecule has 0 radical (unpaired) electrons. The van der Waals surface area contributed by atoms with E-state index in [1.165, 1.54) is 6.26 Å². The first-order valence-electron chi connectivity index (χ1n) is 5.20. The van der Waals surface area contributed by atoms with Crippen LogP contribution in [0.25, 0.3) is 0 Å². The van der Waals surface area contributed by atoms with Gasteiger partial charge in [-0.05, 0) is 30.7 Å². The van der Waals surface area contributed by atoms with E-state index in [9.17, 15) is 13.5 Å². The molecule has 1 saturated heterocycles. The minimum Gasteiger partial charge on any atom is -0.391 e. The Morgan fingerprint density at radius 1 is 1.31 bits per heavy atom. The highest BCUT2D eigenvalue weighted by atomic mass is 32.2. The molecule has 1 aromatic carbocycles. The second kappa shape index (κ2) is 4.07. The molecule has 1 atom stereocenters. The molecule has 4 nitrogen and oxygen atoms in total. The fourth-order valence-electron chi connectivity index (χ4n) is 1.88. The molecule has 1 heterocycles. The number of anilines is 1. The molecule has 0 aliphatic carbocycles. The third-order valence-electron chi connectivity index (χ3n) is 2.79. The van der Waals surface area contributed by atoms with Crippen LogP contribution in [0.2, 0.25) is 0 Å². The summed E-state index contributed by atoms with van der Waals surface area (Å²) < 4.78 is 22.5. The van der Waals surface area contributed by atoms with Crippen molar-refractivity contribution in [3.63, 3.8) is 0 Å². The van der Waals surface area contributed by atoms with Gasteiger partial charge in [-0.3, -0.25) is 0 Å². The van der Waals surface area contributed by atoms with E-state index >= 15 is 0 Å². The van der Waals surface area contributed by atoms with Gasteiger partial charge in [0, 0.05) is 25.0 Å². The van der Waals surface area contributed by atoms with Gasteiger partial charge in [0.2, 0.25) is 0 Å². The molecule has 0 bridgehead atoms. The summed E-state index contributed by atoms with van der Waals surface area (Å²) in [6, 6.07) is 6.79. The van der Waals surface area contributed by atoms with Gasteiger partial charge < -0.3 is 10.0 Å². The third-order valence-corrected chi connectivity index (χ3v) is 3.92. The fourth-order valence-corrected chi connectivity index (χ4v) is 2.51. The number of aliphatic hydroxyl groups is 1. The molecule has 1 N–H and O–H groups in total. The molecule has 88 valence electrons. The standard InChI is InChI=1S/C11H15NO3S/c1-16(14,15)11-4-2-9(3-5-11)12-7-6-10(13)8-12/h2-5,10,13H,6-8H2,1H3/t10-/m0/s1. The van der Waals surface area contributed by atoms with Crippen molar-refractivity contribution in [2.45, 2.75) is 17.4 Å². The number of benzene rings is 1. The lowest BCUT2D eigenvalue weighted by molar-refractivity contribution is 0.198. The quantitative estimate of drug-likeness (QED) is 0.826. The van der Waals surface area contributed by atoms with E-state index in [0.717, 1.165) is 18.7 Å². The normalized spacial score (nSPS) is 21.4. The van der Waals surface area contributed by atoms with E-state index in [1.807, 2.05) is 0 Å². The Bertz CT molecular complexity index is 467. The van der Waals surface area contributed by atoms with E-state index in [1.54, 1.807) is 24.3 Å². The van der Waals surface area contributed by atoms with Gasteiger partial charge in [0.1, 0.15) is 0 Å². The van der Waals surface area contributed by atoms with Crippen molar-refractivity contribution in [3.8, 4) is 0 Å². The zero-order valence-corrected chi connectivity index (χ0v) is 9.94. The molecule has 0 amide bonds. The summed E-state index contributed by atoms with van der Waals surface area (Å²) in [5.74, 6) is 0. The number of nitrogens with zero attached hydrogens (tertiary/aromatic N) is 1. The lowest BCUT2D eigenvalue weighted by Crippen LogP contribution is -2.20. The Morgan fingerprint density at radius 3 is 2.38 bits per heavy atom. The Morgan fingerprint density at radius 2 is 1.94 bits per heavy atom. The number of aliphatic hydroxyl groups excluding tert-OH is 1. The first kappa shape index (κ1) is 11.4. The first-order chi connectivity index (χ1) is 7.47. The van der Waals surface area contributed by atoms with Crippen LogP contribution in [0.4, 0.5) is 5.69 Å². The molecule has 0 saturated carbocycles. The molecular weight excluding hydrogens is 226 g/mol. The smallest absolute Gasteiger partial charge is 0.175 e. The summed E-state index contributed by atoms with van der Waals surface area (Å²) in [6.07, 6.45) is 1.70. The lowest BCUT2D eigenvalue weighted by atomic mass is 10.3. The number of hydrogen-bond acceptors (Lipinski definition) is 4. The largest absolute Gasteiger partial charge is 0.391 e. The minimum atomic E-state index is -3.12. The topological polar surface area (TPSA) is 57.6 Å². The lowest BCUT2D eigenvalue weighted by Gasteiger charge is -2.17. The third kappa shape index (κ3) is 2.36. The molecule has 1 aliphatic heterocycles. The van der Waals surface area contributed by atoms with Gasteiger partial charge in [-0.15, -0.1) is 0 Å². The van der Waals surface area contributed by atoms with Crippen LogP contribution in [0.5, 0.6) is 0 Å². The first-order valence-corrected chi connectivity index (χ1v) is 7.09. The van der Waals surface area contributed by atoms with Crippen LogP contribution in [0.1, 0.15) is 6.42 Å². The highest BCUT2D eigenvalue weighted by Gasteiger charge is 2.20. The maximum Gasteiger partial charge on any atom is 0.175 e. The maximum absolute atomic E-state index is 11.3. The van der Waals surface area contributed by atoms with Crippen LogP contribution in [-0.2, 0) is 9.84 Å². The van der Waals surface area contributed by atoms with E-state index in [2.05, 4.69) is 4.90 Å². The van der Waals surface area contributed by atoms with Gasteiger partial charge in [-0.1, -0.05) is 0 Å². The van der Waals surface area contributed by atoms with E-state index in [-0.39, 0.29) is 6.10 Å². The number of rotatable bonds is 2. The van der Waals surface area contributed by atoms with Crippen molar-refractivity contribution in [1.82, 2.24) is 0 Å². The van der Waals surface area contributed by atoms with Gasteiger partial charge in [0.05, 0.1) is 11.0 Å². The molecule has 0 unspecified atom stereocenters. The van der Waals surface area contributed by atoms with Crippen LogP contribution in [0.3, 0.4) is 0 Å². The van der Waals surface area contributed by atoms with E-state index in [0.29, 0.717) is 11.4 Å². The summed E-state index contributed by atoms with van der Waals surface area (Å²) >= 11 is 0. The molecule has 5 heteroatoms. The summed E-state index contributed by atoms with van der Waals surface area (Å²) in [6.45, 7) is 1.44. The minimum absolute atomic E-state index is 0.269. The van der Waals surface area contributed by atoms with Gasteiger partial charge in [0.15, 0.2) is 9.84 Å². The SMILES string of the molecule is CS(=O)(=O)c1ccc(N2CC[C@H](O)C2)cc1. The Balaban J connectivity index is 2.20. The molecule has 0 aromatic heterocycles. The monoisotopic (exact) mass is 241 g/mol. The van der Waals surface area contributed by atoms with Crippen molar-refractivity contribution >= 4 is 15.5 Å². The predicted octanol–water partition coefficient (Wildman–Crippen LogP) is 0.661. The summed E-state index contributed by atoms with van der Waals surface area (Å²) in [4.78, 5) is 2.38. The molecule has 2 rings (SSSR count). The van der Waals surface area contributed by atoms with Gasteiger partial charge >= 0.3 is 0 Å². The highest BCUT2D eigenvalue weighted by Crippen LogP contribution is 2.22. The number of hydrogen-bond donors (Lipinski definition) is 1. The summed E-state index contributed by atoms with van der Waals surface area (Å²) in [7, 11) is -3.12. The molecule has 1 aromatic rings. The van der Waals surface area contributed by atoms with Crippen molar-refractivity contribution in [2.75, 3.05) is 24.2 Å². The predicted molar refractivity (Wildman–Crippen MR) is 62.4 cm³/mol. The van der Waals surface area contributed by atoms with Crippen LogP contribution < -0.4 is 4.90 Å². The number of β-amino-alcohol motifs (C(OH)–C–C–N with tert-alkyl or cyclic N) is 1. The molecule has 1 aliphatic rings. The van der Waals surface area contributed by atoms with Crippen LogP contribution in [0.15, 0.2) is 29.2 Å². The van der Waals surface area contributed by atoms with Crippen LogP contribution in [-0.4, -0.2) is 39.0 Å². The second-order valence-corrected chi connectivity index (χ2v) is 6.17. The van der Waals surface area contributed by atoms with Crippen molar-refractivity contribution in [3.05, 3.63) is 24.3 Å². The Labute approximate surface area is 95.4 Å².